The number of aryl methyl sites for hydroxylation is 1. The van der Waals surface area contributed by atoms with E-state index in [0.717, 1.165) is 0 Å². The molecule has 8 nitrogen and oxygen atoms in total. The Morgan fingerprint density at radius 2 is 2.03 bits per heavy atom. The van der Waals surface area contributed by atoms with Gasteiger partial charge in [0.05, 0.1) is 12.1 Å². The first-order valence-electron chi connectivity index (χ1n) is 9.52. The van der Waals surface area contributed by atoms with Gasteiger partial charge in [0, 0.05) is 29.3 Å². The fourth-order valence-electron chi connectivity index (χ4n) is 3.62. The number of carbonyl (C=O) groups is 2. The summed E-state index contributed by atoms with van der Waals surface area (Å²) in [7, 11) is 0. The van der Waals surface area contributed by atoms with Crippen molar-refractivity contribution in [1.82, 2.24) is 14.5 Å². The van der Waals surface area contributed by atoms with Gasteiger partial charge < -0.3 is 19.9 Å². The number of amides is 1. The maximum absolute atomic E-state index is 13.2. The first kappa shape index (κ1) is 23.0. The summed E-state index contributed by atoms with van der Waals surface area (Å²) in [5, 5.41) is 0.115. The number of ether oxygens (including phenoxy) is 1. The number of alkyl halides is 3. The summed E-state index contributed by atoms with van der Waals surface area (Å²) in [4.78, 5) is 34.2. The van der Waals surface area contributed by atoms with Crippen molar-refractivity contribution in [1.29, 1.82) is 0 Å². The number of aromatic nitrogens is 3. The number of nitrogens with zero attached hydrogens (tertiary/aromatic N) is 4. The molecule has 0 saturated heterocycles. The second-order valence-electron chi connectivity index (χ2n) is 7.01. The lowest BCUT2D eigenvalue weighted by Gasteiger charge is -2.20. The van der Waals surface area contributed by atoms with Gasteiger partial charge in [-0.15, -0.1) is 0 Å². The zero-order valence-corrected chi connectivity index (χ0v) is 16.4. The van der Waals surface area contributed by atoms with Crippen molar-refractivity contribution in [2.45, 2.75) is 33.5 Å². The maximum atomic E-state index is 13.2. The zero-order chi connectivity index (χ0) is 22.3. The fraction of sp³-hybridized carbons (Fsp3) is 0.333. The van der Waals surface area contributed by atoms with E-state index in [1.165, 1.54) is 23.5 Å². The second-order valence-corrected chi connectivity index (χ2v) is 7.01. The first-order valence-corrected chi connectivity index (χ1v) is 9.52. The molecular weight excluding hydrogens is 427 g/mol. The van der Waals surface area contributed by atoms with Crippen molar-refractivity contribution >= 4 is 34.1 Å². The molecule has 0 unspecified atom stereocenters. The van der Waals surface area contributed by atoms with Gasteiger partial charge in [-0.3, -0.25) is 9.59 Å². The van der Waals surface area contributed by atoms with E-state index >= 15 is 0 Å². The smallest absolute Gasteiger partial charge is 0.454 e. The highest BCUT2D eigenvalue weighted by molar-refractivity contribution is 6.14. The summed E-state index contributed by atoms with van der Waals surface area (Å²) in [6.45, 7) is 2.53. The summed E-state index contributed by atoms with van der Waals surface area (Å²) in [5.41, 5.74) is 6.13. The highest BCUT2D eigenvalue weighted by Gasteiger charge is 2.41. The highest BCUT2D eigenvalue weighted by Crippen LogP contribution is 2.33. The number of fused-ring (bicyclic) bond motifs is 2. The number of nitrogen functional groups attached to an aromatic ring is 1. The molecule has 1 aromatic carbocycles. The van der Waals surface area contributed by atoms with Gasteiger partial charge in [0.15, 0.2) is 0 Å². The van der Waals surface area contributed by atoms with E-state index in [2.05, 4.69) is 9.97 Å². The Bertz CT molecular complexity index is 1190. The predicted octanol–water partition coefficient (Wildman–Crippen LogP) is 3.84. The zero-order valence-electron chi connectivity index (χ0n) is 16.4. The average molecular weight is 449 g/mol. The molecule has 1 aliphatic heterocycles. The minimum Gasteiger partial charge on any atom is -0.475 e. The number of ketones is 1. The van der Waals surface area contributed by atoms with E-state index in [9.17, 15) is 22.8 Å². The summed E-state index contributed by atoms with van der Waals surface area (Å²) in [6.07, 6.45) is -1.96. The van der Waals surface area contributed by atoms with Crippen LogP contribution in [0, 0.1) is 0 Å². The second kappa shape index (κ2) is 8.48. The standard InChI is InChI=1S/C20H18F3N5O3.CH4/c1-2-5-27-9-13(16(29)20(21,22)23)12-8-11(3-4-14(12)27)28-6-7-31-18-15(19(28)30)17(24)25-10-26-18;/h3-4,8-10H,2,5-7H2,1H3,(H2,24,25,26);1H4. The Labute approximate surface area is 181 Å². The van der Waals surface area contributed by atoms with Crippen LogP contribution in [-0.4, -0.2) is 45.6 Å². The number of benzene rings is 1. The topological polar surface area (TPSA) is 103 Å². The molecule has 2 aromatic heterocycles. The molecule has 11 heteroatoms. The number of Topliss-reactive ketones (excluding diaryl/α,β-unsaturated/α-hetero) is 1. The Hall–Kier alpha value is -3.63. The van der Waals surface area contributed by atoms with E-state index in [1.807, 2.05) is 6.92 Å². The average Bonchev–Trinajstić information content (AvgIpc) is 2.97. The fourth-order valence-corrected chi connectivity index (χ4v) is 3.62. The SMILES string of the molecule is C.CCCn1cc(C(=O)C(F)(F)F)c2cc(N3CCOc4ncnc(N)c4C3=O)ccc21. The minimum absolute atomic E-state index is 0. The van der Waals surface area contributed by atoms with Crippen LogP contribution in [0.2, 0.25) is 0 Å². The van der Waals surface area contributed by atoms with Crippen molar-refractivity contribution in [3.8, 4) is 5.88 Å². The van der Waals surface area contributed by atoms with Gasteiger partial charge in [-0.05, 0) is 24.6 Å². The molecule has 1 aliphatic rings. The third-order valence-electron chi connectivity index (χ3n) is 5.00. The first-order chi connectivity index (χ1) is 14.7. The van der Waals surface area contributed by atoms with Crippen LogP contribution < -0.4 is 15.4 Å². The van der Waals surface area contributed by atoms with E-state index in [0.29, 0.717) is 24.2 Å². The Morgan fingerprint density at radius 3 is 2.72 bits per heavy atom. The molecule has 3 heterocycles. The van der Waals surface area contributed by atoms with Crippen LogP contribution in [0.5, 0.6) is 5.88 Å². The van der Waals surface area contributed by atoms with Crippen LogP contribution in [-0.2, 0) is 6.54 Å². The molecule has 0 aliphatic carbocycles. The lowest BCUT2D eigenvalue weighted by Crippen LogP contribution is -2.32. The van der Waals surface area contributed by atoms with Crippen LogP contribution in [0.4, 0.5) is 24.7 Å². The molecule has 170 valence electrons. The van der Waals surface area contributed by atoms with Gasteiger partial charge in [-0.2, -0.15) is 13.2 Å². The van der Waals surface area contributed by atoms with Crippen LogP contribution in [0.15, 0.2) is 30.7 Å². The molecule has 0 atom stereocenters. The largest absolute Gasteiger partial charge is 0.475 e. The van der Waals surface area contributed by atoms with Gasteiger partial charge in [0.1, 0.15) is 24.3 Å². The van der Waals surface area contributed by atoms with E-state index < -0.39 is 23.4 Å². The molecular formula is C21H22F3N5O3. The van der Waals surface area contributed by atoms with Crippen molar-refractivity contribution < 1.29 is 27.5 Å². The Kier molecular flexibility index (Phi) is 6.11. The Morgan fingerprint density at radius 1 is 1.28 bits per heavy atom. The molecule has 32 heavy (non-hydrogen) atoms. The number of carbonyl (C=O) groups excluding carboxylic acids is 2. The quantitative estimate of drug-likeness (QED) is 0.607. The van der Waals surface area contributed by atoms with E-state index in [-0.39, 0.29) is 43.2 Å². The van der Waals surface area contributed by atoms with Gasteiger partial charge in [-0.1, -0.05) is 14.4 Å². The minimum atomic E-state index is -5.02. The number of hydrogen-bond donors (Lipinski definition) is 1. The third-order valence-corrected chi connectivity index (χ3v) is 5.00. The lowest BCUT2D eigenvalue weighted by atomic mass is 10.1. The molecule has 0 saturated carbocycles. The molecule has 0 spiro atoms. The Balaban J connectivity index is 0.00000289. The third kappa shape index (κ3) is 3.85. The normalized spacial score (nSPS) is 13.9. The predicted molar refractivity (Wildman–Crippen MR) is 113 cm³/mol. The lowest BCUT2D eigenvalue weighted by molar-refractivity contribution is -0.0884. The van der Waals surface area contributed by atoms with E-state index in [1.54, 1.807) is 16.7 Å². The van der Waals surface area contributed by atoms with Crippen LogP contribution >= 0.6 is 0 Å². The molecule has 4 rings (SSSR count). The summed E-state index contributed by atoms with van der Waals surface area (Å²) in [5.74, 6) is -2.49. The van der Waals surface area contributed by atoms with Crippen molar-refractivity contribution in [2.75, 3.05) is 23.8 Å². The van der Waals surface area contributed by atoms with Crippen LogP contribution in [0.25, 0.3) is 10.9 Å². The molecule has 2 N–H and O–H groups in total. The van der Waals surface area contributed by atoms with Gasteiger partial charge in [0.2, 0.25) is 5.88 Å². The highest BCUT2D eigenvalue weighted by atomic mass is 19.4. The molecule has 3 aromatic rings. The number of halogens is 3. The number of anilines is 2. The number of nitrogens with two attached hydrogens (primary N) is 1. The number of hydrogen-bond acceptors (Lipinski definition) is 6. The van der Waals surface area contributed by atoms with Crippen molar-refractivity contribution in [3.63, 3.8) is 0 Å². The van der Waals surface area contributed by atoms with Crippen molar-refractivity contribution in [3.05, 3.63) is 41.9 Å². The van der Waals surface area contributed by atoms with Crippen LogP contribution in [0.1, 0.15) is 41.5 Å². The van der Waals surface area contributed by atoms with Crippen LogP contribution in [0.3, 0.4) is 0 Å². The van der Waals surface area contributed by atoms with Crippen molar-refractivity contribution in [2.24, 2.45) is 0 Å². The summed E-state index contributed by atoms with van der Waals surface area (Å²) < 4.78 is 46.6. The summed E-state index contributed by atoms with van der Waals surface area (Å²) in [6, 6.07) is 4.61. The maximum Gasteiger partial charge on any atom is 0.454 e. The number of rotatable bonds is 4. The summed E-state index contributed by atoms with van der Waals surface area (Å²) >= 11 is 0. The monoisotopic (exact) mass is 449 g/mol. The van der Waals surface area contributed by atoms with Gasteiger partial charge in [0.25, 0.3) is 11.7 Å². The van der Waals surface area contributed by atoms with Gasteiger partial charge >= 0.3 is 6.18 Å². The molecule has 1 amide bonds. The molecule has 0 fully saturated rings. The molecule has 0 bridgehead atoms. The van der Waals surface area contributed by atoms with Gasteiger partial charge in [-0.25, -0.2) is 9.97 Å². The molecule has 0 radical (unpaired) electrons. The van der Waals surface area contributed by atoms with E-state index in [4.69, 9.17) is 10.5 Å².